The van der Waals surface area contributed by atoms with Crippen LogP contribution in [0.1, 0.15) is 94.4 Å². The van der Waals surface area contributed by atoms with E-state index in [9.17, 15) is 19.2 Å². The molecule has 3 saturated carbocycles. The van der Waals surface area contributed by atoms with Crippen molar-refractivity contribution in [1.82, 2.24) is 20.9 Å². The lowest BCUT2D eigenvalue weighted by Crippen LogP contribution is -2.68. The first-order valence-electron chi connectivity index (χ1n) is 14.9. The Hall–Kier alpha value is -2.04. The van der Waals surface area contributed by atoms with Gasteiger partial charge in [0, 0.05) is 12.6 Å². The van der Waals surface area contributed by atoms with Crippen LogP contribution in [0.25, 0.3) is 0 Å². The molecule has 3 N–H and O–H groups in total. The summed E-state index contributed by atoms with van der Waals surface area (Å²) >= 11 is 0. The van der Waals surface area contributed by atoms with Crippen LogP contribution in [0.2, 0.25) is 0 Å². The standard InChI is InChI=1S/C30H50N4O6/c1-10-17-13-30(14-17,23(35)25(37)32-18-11-12-18)33-24(36)21-20-19(29(20,8)9)15-34(21)26(38)22(27(2,3)4)31-16-39-40-28(5,6)7/h17-22,31H,10-16H2,1-9H3,(H,32,37)(H,33,36)/t17?,19-,20-,21-,22+,30?/m0/s1. The van der Waals surface area contributed by atoms with Crippen molar-refractivity contribution in [2.45, 2.75) is 124 Å². The summed E-state index contributed by atoms with van der Waals surface area (Å²) in [5, 5.41) is 9.00. The number of nitrogens with zero attached hydrogens (tertiary/aromatic N) is 1. The Morgan fingerprint density at radius 3 is 2.17 bits per heavy atom. The second-order valence-corrected chi connectivity index (χ2v) is 15.2. The summed E-state index contributed by atoms with van der Waals surface area (Å²) in [6.45, 7) is 18.3. The van der Waals surface area contributed by atoms with E-state index < -0.39 is 40.3 Å². The normalized spacial score (nSPS) is 31.6. The number of ketones is 1. The third-order valence-corrected chi connectivity index (χ3v) is 9.30. The SMILES string of the molecule is CCC1CC(NC(=O)[C@@H]2[C@@H]3[C@H](CN2C(=O)[C@@H](NCOOC(C)(C)C)C(C)(C)C)C3(C)C)(C(=O)C(=O)NC2CC2)C1. The van der Waals surface area contributed by atoms with Crippen molar-refractivity contribution in [2.75, 3.05) is 13.3 Å². The van der Waals surface area contributed by atoms with Gasteiger partial charge in [-0.3, -0.25) is 24.5 Å². The Kier molecular flexibility index (Phi) is 8.24. The number of fused-ring (bicyclic) bond motifs is 1. The van der Waals surface area contributed by atoms with Crippen LogP contribution in [0.3, 0.4) is 0 Å². The molecule has 3 amide bonds. The minimum absolute atomic E-state index is 0.00738. The topological polar surface area (TPSA) is 126 Å². The Labute approximate surface area is 239 Å². The van der Waals surface area contributed by atoms with E-state index in [0.29, 0.717) is 19.4 Å². The molecule has 4 aliphatic rings. The Bertz CT molecular complexity index is 1020. The van der Waals surface area contributed by atoms with Gasteiger partial charge in [-0.2, -0.15) is 0 Å². The third-order valence-electron chi connectivity index (χ3n) is 9.30. The zero-order chi connectivity index (χ0) is 29.8. The number of carbonyl (C=O) groups excluding carboxylic acids is 4. The van der Waals surface area contributed by atoms with Crippen molar-refractivity contribution >= 4 is 23.5 Å². The maximum atomic E-state index is 14.0. The molecule has 226 valence electrons. The van der Waals surface area contributed by atoms with Crippen molar-refractivity contribution in [1.29, 1.82) is 0 Å². The third kappa shape index (κ3) is 6.23. The van der Waals surface area contributed by atoms with Crippen LogP contribution >= 0.6 is 0 Å². The van der Waals surface area contributed by atoms with Gasteiger partial charge < -0.3 is 15.5 Å². The molecule has 1 saturated heterocycles. The average molecular weight is 563 g/mol. The predicted octanol–water partition coefficient (Wildman–Crippen LogP) is 2.70. The number of Topliss-reactive ketones (excluding diaryl/α,β-unsaturated/α-hetero) is 1. The Morgan fingerprint density at radius 2 is 1.65 bits per heavy atom. The smallest absolute Gasteiger partial charge is 0.290 e. The molecule has 4 rings (SSSR count). The van der Waals surface area contributed by atoms with Gasteiger partial charge in [-0.1, -0.05) is 48.0 Å². The lowest BCUT2D eigenvalue weighted by Gasteiger charge is -2.47. The van der Waals surface area contributed by atoms with Crippen LogP contribution < -0.4 is 16.0 Å². The van der Waals surface area contributed by atoms with Crippen LogP contribution in [0.15, 0.2) is 0 Å². The summed E-state index contributed by atoms with van der Waals surface area (Å²) in [5.41, 5.74) is -2.25. The van der Waals surface area contributed by atoms with Crippen LogP contribution in [0, 0.1) is 28.6 Å². The second kappa shape index (κ2) is 10.7. The van der Waals surface area contributed by atoms with Gasteiger partial charge in [0.2, 0.25) is 17.6 Å². The first-order valence-corrected chi connectivity index (χ1v) is 14.9. The van der Waals surface area contributed by atoms with Crippen molar-refractivity contribution in [3.63, 3.8) is 0 Å². The van der Waals surface area contributed by atoms with E-state index in [1.54, 1.807) is 4.90 Å². The lowest BCUT2D eigenvalue weighted by molar-refractivity contribution is -0.352. The molecular weight excluding hydrogens is 512 g/mol. The maximum absolute atomic E-state index is 14.0. The van der Waals surface area contributed by atoms with Crippen molar-refractivity contribution in [3.8, 4) is 0 Å². The van der Waals surface area contributed by atoms with Crippen LogP contribution in [-0.4, -0.2) is 70.9 Å². The second-order valence-electron chi connectivity index (χ2n) is 15.2. The van der Waals surface area contributed by atoms with Gasteiger partial charge in [0.25, 0.3) is 5.91 Å². The van der Waals surface area contributed by atoms with E-state index in [2.05, 4.69) is 36.7 Å². The van der Waals surface area contributed by atoms with Gasteiger partial charge >= 0.3 is 0 Å². The van der Waals surface area contributed by atoms with Gasteiger partial charge in [0.1, 0.15) is 18.3 Å². The van der Waals surface area contributed by atoms with Gasteiger partial charge in [0.15, 0.2) is 0 Å². The highest BCUT2D eigenvalue weighted by molar-refractivity contribution is 6.40. The van der Waals surface area contributed by atoms with Crippen molar-refractivity contribution in [3.05, 3.63) is 0 Å². The van der Waals surface area contributed by atoms with Crippen molar-refractivity contribution in [2.24, 2.45) is 28.6 Å². The van der Waals surface area contributed by atoms with Gasteiger partial charge in [0.05, 0.1) is 11.6 Å². The molecule has 0 bridgehead atoms. The predicted molar refractivity (Wildman–Crippen MR) is 149 cm³/mol. The number of nitrogens with one attached hydrogen (secondary N) is 3. The number of piperidine rings is 1. The fourth-order valence-electron chi connectivity index (χ4n) is 6.63. The fourth-order valence-corrected chi connectivity index (χ4v) is 6.63. The summed E-state index contributed by atoms with van der Waals surface area (Å²) in [4.78, 5) is 66.6. The number of hydrogen-bond donors (Lipinski definition) is 3. The van der Waals surface area contributed by atoms with Gasteiger partial charge in [-0.15, -0.1) is 0 Å². The molecule has 0 aromatic heterocycles. The molecule has 4 fully saturated rings. The molecule has 4 atom stereocenters. The number of likely N-dealkylation sites (tertiary alicyclic amines) is 1. The molecule has 1 aliphatic heterocycles. The summed E-state index contributed by atoms with van der Waals surface area (Å²) in [5.74, 6) is -1.24. The molecule has 0 aromatic rings. The summed E-state index contributed by atoms with van der Waals surface area (Å²) in [6, 6.07) is -1.27. The molecule has 0 radical (unpaired) electrons. The quantitative estimate of drug-likeness (QED) is 0.116. The molecule has 3 aliphatic carbocycles. The van der Waals surface area contributed by atoms with E-state index >= 15 is 0 Å². The summed E-state index contributed by atoms with van der Waals surface area (Å²) in [6.07, 6.45) is 3.53. The van der Waals surface area contributed by atoms with E-state index in [1.807, 2.05) is 41.5 Å². The maximum Gasteiger partial charge on any atom is 0.290 e. The highest BCUT2D eigenvalue weighted by Crippen LogP contribution is 2.65. The highest BCUT2D eigenvalue weighted by atomic mass is 17.2. The molecule has 0 aromatic carbocycles. The first-order chi connectivity index (χ1) is 18.4. The van der Waals surface area contributed by atoms with Gasteiger partial charge in [-0.05, 0) is 75.0 Å². The average Bonchev–Trinajstić information content (AvgIpc) is 3.65. The minimum Gasteiger partial charge on any atom is -0.347 e. The number of amides is 3. The lowest BCUT2D eigenvalue weighted by atomic mass is 9.64. The van der Waals surface area contributed by atoms with Gasteiger partial charge in [-0.25, -0.2) is 9.78 Å². The number of hydrogen-bond acceptors (Lipinski definition) is 7. The van der Waals surface area contributed by atoms with Crippen LogP contribution in [-0.2, 0) is 29.0 Å². The van der Waals surface area contributed by atoms with E-state index in [1.165, 1.54) is 0 Å². The van der Waals surface area contributed by atoms with E-state index in [0.717, 1.165) is 19.3 Å². The first kappa shape index (κ1) is 30.9. The highest BCUT2D eigenvalue weighted by Gasteiger charge is 2.70. The zero-order valence-corrected chi connectivity index (χ0v) is 25.8. The Balaban J connectivity index is 1.51. The van der Waals surface area contributed by atoms with Crippen molar-refractivity contribution < 1.29 is 29.0 Å². The molecular formula is C30H50N4O6. The number of rotatable bonds is 11. The molecule has 40 heavy (non-hydrogen) atoms. The largest absolute Gasteiger partial charge is 0.347 e. The molecule has 10 nitrogen and oxygen atoms in total. The minimum atomic E-state index is -1.21. The van der Waals surface area contributed by atoms with E-state index in [-0.39, 0.29) is 47.8 Å². The fraction of sp³-hybridized carbons (Fsp3) is 0.867. The molecule has 10 heteroatoms. The van der Waals surface area contributed by atoms with E-state index in [4.69, 9.17) is 9.78 Å². The molecule has 0 unspecified atom stereocenters. The summed E-state index contributed by atoms with van der Waals surface area (Å²) in [7, 11) is 0. The number of carbonyl (C=O) groups is 4. The summed E-state index contributed by atoms with van der Waals surface area (Å²) < 4.78 is 0. The molecule has 1 heterocycles. The zero-order valence-electron chi connectivity index (χ0n) is 25.8. The molecule has 0 spiro atoms. The van der Waals surface area contributed by atoms with Crippen LogP contribution in [0.4, 0.5) is 0 Å². The monoisotopic (exact) mass is 562 g/mol. The van der Waals surface area contributed by atoms with Crippen LogP contribution in [0.5, 0.6) is 0 Å². The Morgan fingerprint density at radius 1 is 1.02 bits per heavy atom.